The maximum Gasteiger partial charge on any atom is 0.122 e. The van der Waals surface area contributed by atoms with Gasteiger partial charge in [0.15, 0.2) is 0 Å². The largest absolute Gasteiger partial charge is 0.496 e. The molecular weight excluding hydrogens is 198 g/mol. The Morgan fingerprint density at radius 2 is 1.94 bits per heavy atom. The Bertz CT molecular complexity index is 405. The molecule has 0 aromatic heterocycles. The second-order valence-electron chi connectivity index (χ2n) is 5.07. The van der Waals surface area contributed by atoms with Gasteiger partial charge in [-0.05, 0) is 56.4 Å². The lowest BCUT2D eigenvalue weighted by Crippen LogP contribution is -2.31. The van der Waals surface area contributed by atoms with Crippen LogP contribution >= 0.6 is 0 Å². The van der Waals surface area contributed by atoms with Crippen LogP contribution in [0, 0.1) is 13.8 Å². The van der Waals surface area contributed by atoms with E-state index in [0.29, 0.717) is 0 Å². The molecule has 1 aromatic rings. The molecule has 1 fully saturated rings. The van der Waals surface area contributed by atoms with Crippen LogP contribution in [0.4, 0.5) is 0 Å². The molecule has 2 rings (SSSR count). The quantitative estimate of drug-likeness (QED) is 0.848. The highest BCUT2D eigenvalue weighted by atomic mass is 16.5. The van der Waals surface area contributed by atoms with Crippen molar-refractivity contribution in [2.24, 2.45) is 5.73 Å². The summed E-state index contributed by atoms with van der Waals surface area (Å²) in [6.07, 6.45) is 2.41. The zero-order chi connectivity index (χ0) is 11.9. The minimum Gasteiger partial charge on any atom is -0.496 e. The normalized spacial score (nSPS) is 19.3. The number of nitrogens with two attached hydrogens (primary N) is 1. The maximum absolute atomic E-state index is 6.10. The number of aryl methyl sites for hydroxylation is 1. The average Bonchev–Trinajstić information content (AvgIpc) is 3.02. The highest BCUT2D eigenvalue weighted by Gasteiger charge is 2.47. The zero-order valence-corrected chi connectivity index (χ0v) is 10.6. The summed E-state index contributed by atoms with van der Waals surface area (Å²) in [5, 5.41) is 0. The molecule has 0 heterocycles. The van der Waals surface area contributed by atoms with Crippen LogP contribution in [0.1, 0.15) is 36.5 Å². The van der Waals surface area contributed by atoms with Gasteiger partial charge in [0.05, 0.1) is 7.11 Å². The molecule has 16 heavy (non-hydrogen) atoms. The second kappa shape index (κ2) is 3.77. The van der Waals surface area contributed by atoms with Crippen LogP contribution in [0.15, 0.2) is 12.1 Å². The van der Waals surface area contributed by atoms with Gasteiger partial charge in [-0.15, -0.1) is 0 Å². The molecule has 0 bridgehead atoms. The van der Waals surface area contributed by atoms with Crippen molar-refractivity contribution in [3.8, 4) is 5.75 Å². The Morgan fingerprint density at radius 3 is 2.38 bits per heavy atom. The van der Waals surface area contributed by atoms with Gasteiger partial charge < -0.3 is 10.5 Å². The Kier molecular flexibility index (Phi) is 2.70. The Balaban J connectivity index is 2.47. The van der Waals surface area contributed by atoms with Crippen molar-refractivity contribution in [2.75, 3.05) is 7.11 Å². The van der Waals surface area contributed by atoms with E-state index in [9.17, 15) is 0 Å². The third-order valence-corrected chi connectivity index (χ3v) is 4.07. The number of ether oxygens (including phenoxy) is 1. The first-order valence-corrected chi connectivity index (χ1v) is 5.92. The van der Waals surface area contributed by atoms with Crippen molar-refractivity contribution in [1.29, 1.82) is 0 Å². The number of hydrogen-bond acceptors (Lipinski definition) is 2. The van der Waals surface area contributed by atoms with Crippen LogP contribution in [-0.2, 0) is 5.41 Å². The van der Waals surface area contributed by atoms with Crippen LogP contribution in [0.25, 0.3) is 0 Å². The summed E-state index contributed by atoms with van der Waals surface area (Å²) in [6, 6.07) is 4.66. The van der Waals surface area contributed by atoms with Gasteiger partial charge in [-0.2, -0.15) is 0 Å². The van der Waals surface area contributed by atoms with Gasteiger partial charge in [-0.1, -0.05) is 6.07 Å². The minimum atomic E-state index is 0.214. The summed E-state index contributed by atoms with van der Waals surface area (Å²) in [4.78, 5) is 0. The molecule has 0 aliphatic heterocycles. The summed E-state index contributed by atoms with van der Waals surface area (Å²) in [6.45, 7) is 6.34. The molecule has 1 aliphatic rings. The molecule has 1 saturated carbocycles. The van der Waals surface area contributed by atoms with E-state index in [1.165, 1.54) is 29.5 Å². The first-order valence-electron chi connectivity index (χ1n) is 5.92. The van der Waals surface area contributed by atoms with Crippen LogP contribution in [-0.4, -0.2) is 13.2 Å². The lowest BCUT2D eigenvalue weighted by molar-refractivity contribution is 0.409. The lowest BCUT2D eigenvalue weighted by atomic mass is 9.87. The van der Waals surface area contributed by atoms with Crippen molar-refractivity contribution in [1.82, 2.24) is 0 Å². The van der Waals surface area contributed by atoms with Crippen molar-refractivity contribution < 1.29 is 4.74 Å². The fourth-order valence-corrected chi connectivity index (χ4v) is 2.47. The maximum atomic E-state index is 6.10. The van der Waals surface area contributed by atoms with Gasteiger partial charge >= 0.3 is 0 Å². The number of rotatable bonds is 3. The fourth-order valence-electron chi connectivity index (χ4n) is 2.47. The molecule has 1 unspecified atom stereocenters. The predicted molar refractivity (Wildman–Crippen MR) is 67.0 cm³/mol. The molecule has 1 aliphatic carbocycles. The van der Waals surface area contributed by atoms with Crippen molar-refractivity contribution in [3.63, 3.8) is 0 Å². The monoisotopic (exact) mass is 219 g/mol. The number of benzene rings is 1. The number of methoxy groups -OCH3 is 1. The summed E-state index contributed by atoms with van der Waals surface area (Å²) in [7, 11) is 1.73. The Labute approximate surface area is 97.8 Å². The van der Waals surface area contributed by atoms with Crippen molar-refractivity contribution >= 4 is 0 Å². The fraction of sp³-hybridized carbons (Fsp3) is 0.571. The van der Waals surface area contributed by atoms with Gasteiger partial charge in [0.2, 0.25) is 0 Å². The van der Waals surface area contributed by atoms with Crippen LogP contribution in [0.2, 0.25) is 0 Å². The highest BCUT2D eigenvalue weighted by molar-refractivity contribution is 5.47. The van der Waals surface area contributed by atoms with E-state index in [1.54, 1.807) is 7.11 Å². The molecule has 2 nitrogen and oxygen atoms in total. The molecule has 2 N–H and O–H groups in total. The molecule has 0 amide bonds. The Morgan fingerprint density at radius 1 is 1.31 bits per heavy atom. The standard InChI is InChI=1S/C14H21NO/c1-9-7-12(8-13(16-4)10(9)2)14(5-6-14)11(3)15/h7-8,11H,5-6,15H2,1-4H3. The third kappa shape index (κ3) is 1.61. The van der Waals surface area contributed by atoms with E-state index in [2.05, 4.69) is 32.9 Å². The van der Waals surface area contributed by atoms with Gasteiger partial charge in [-0.3, -0.25) is 0 Å². The average molecular weight is 219 g/mol. The van der Waals surface area contributed by atoms with E-state index < -0.39 is 0 Å². The molecule has 0 saturated heterocycles. The first kappa shape index (κ1) is 11.5. The molecule has 2 heteroatoms. The predicted octanol–water partition coefficient (Wildman–Crippen LogP) is 2.69. The third-order valence-electron chi connectivity index (χ3n) is 4.07. The van der Waals surface area contributed by atoms with Crippen molar-refractivity contribution in [2.45, 2.75) is 45.1 Å². The topological polar surface area (TPSA) is 35.2 Å². The molecule has 0 radical (unpaired) electrons. The summed E-state index contributed by atoms with van der Waals surface area (Å²) >= 11 is 0. The van der Waals surface area contributed by atoms with E-state index in [4.69, 9.17) is 10.5 Å². The van der Waals surface area contributed by atoms with Gasteiger partial charge in [0.25, 0.3) is 0 Å². The minimum absolute atomic E-state index is 0.214. The lowest BCUT2D eigenvalue weighted by Gasteiger charge is -2.22. The van der Waals surface area contributed by atoms with Gasteiger partial charge in [0, 0.05) is 11.5 Å². The highest BCUT2D eigenvalue weighted by Crippen LogP contribution is 2.51. The SMILES string of the molecule is COc1cc(C2(C(C)N)CC2)cc(C)c1C. The summed E-state index contributed by atoms with van der Waals surface area (Å²) < 4.78 is 5.43. The molecule has 88 valence electrons. The zero-order valence-electron chi connectivity index (χ0n) is 10.6. The first-order chi connectivity index (χ1) is 7.51. The molecule has 1 aromatic carbocycles. The Hall–Kier alpha value is -1.02. The van der Waals surface area contributed by atoms with Gasteiger partial charge in [0.1, 0.15) is 5.75 Å². The van der Waals surface area contributed by atoms with E-state index in [0.717, 1.165) is 5.75 Å². The van der Waals surface area contributed by atoms with Crippen LogP contribution in [0.3, 0.4) is 0 Å². The van der Waals surface area contributed by atoms with Crippen molar-refractivity contribution in [3.05, 3.63) is 28.8 Å². The second-order valence-corrected chi connectivity index (χ2v) is 5.07. The summed E-state index contributed by atoms with van der Waals surface area (Å²) in [5.41, 5.74) is 10.2. The van der Waals surface area contributed by atoms with Gasteiger partial charge in [-0.25, -0.2) is 0 Å². The summed E-state index contributed by atoms with van der Waals surface area (Å²) in [5.74, 6) is 0.988. The van der Waals surface area contributed by atoms with E-state index in [1.807, 2.05) is 0 Å². The van der Waals surface area contributed by atoms with E-state index >= 15 is 0 Å². The number of hydrogen-bond donors (Lipinski definition) is 1. The van der Waals surface area contributed by atoms with Crippen LogP contribution < -0.4 is 10.5 Å². The molecular formula is C14H21NO. The molecule has 1 atom stereocenters. The van der Waals surface area contributed by atoms with E-state index in [-0.39, 0.29) is 11.5 Å². The van der Waals surface area contributed by atoms with Crippen LogP contribution in [0.5, 0.6) is 5.75 Å². The molecule has 0 spiro atoms. The smallest absolute Gasteiger partial charge is 0.122 e.